The number of carboxylic acid groups (broad SMARTS) is 1. The SMILES string of the molecule is Cc1nc(CNC(=O)c2cccc(C(=O)O)c2)cs1. The molecule has 0 unspecified atom stereocenters. The van der Waals surface area contributed by atoms with Crippen LogP contribution in [-0.4, -0.2) is 22.0 Å². The first-order chi connectivity index (χ1) is 9.06. The molecule has 5 nitrogen and oxygen atoms in total. The highest BCUT2D eigenvalue weighted by atomic mass is 32.1. The fraction of sp³-hybridized carbons (Fsp3) is 0.154. The van der Waals surface area contributed by atoms with Crippen LogP contribution in [0.25, 0.3) is 0 Å². The number of amides is 1. The fourth-order valence-corrected chi connectivity index (χ4v) is 2.17. The third-order valence-corrected chi connectivity index (χ3v) is 3.29. The van der Waals surface area contributed by atoms with Crippen molar-refractivity contribution in [2.45, 2.75) is 13.5 Å². The van der Waals surface area contributed by atoms with Crippen LogP contribution in [0.1, 0.15) is 31.4 Å². The van der Waals surface area contributed by atoms with Crippen molar-refractivity contribution in [3.8, 4) is 0 Å². The van der Waals surface area contributed by atoms with Crippen molar-refractivity contribution in [2.24, 2.45) is 0 Å². The molecule has 19 heavy (non-hydrogen) atoms. The summed E-state index contributed by atoms with van der Waals surface area (Å²) >= 11 is 1.52. The first-order valence-electron chi connectivity index (χ1n) is 5.59. The molecule has 0 fully saturated rings. The minimum atomic E-state index is -1.05. The van der Waals surface area contributed by atoms with Crippen molar-refractivity contribution < 1.29 is 14.7 Å². The maximum Gasteiger partial charge on any atom is 0.335 e. The van der Waals surface area contributed by atoms with Crippen LogP contribution in [0.4, 0.5) is 0 Å². The molecule has 1 aromatic heterocycles. The van der Waals surface area contributed by atoms with Gasteiger partial charge in [-0.25, -0.2) is 9.78 Å². The predicted molar refractivity (Wildman–Crippen MR) is 71.4 cm³/mol. The van der Waals surface area contributed by atoms with Crippen molar-refractivity contribution in [2.75, 3.05) is 0 Å². The predicted octanol–water partition coefficient (Wildman–Crippen LogP) is 2.08. The van der Waals surface area contributed by atoms with Gasteiger partial charge in [-0.2, -0.15) is 0 Å². The van der Waals surface area contributed by atoms with Gasteiger partial charge in [0, 0.05) is 10.9 Å². The summed E-state index contributed by atoms with van der Waals surface area (Å²) in [7, 11) is 0. The summed E-state index contributed by atoms with van der Waals surface area (Å²) in [5.41, 5.74) is 1.22. The highest BCUT2D eigenvalue weighted by Crippen LogP contribution is 2.09. The van der Waals surface area contributed by atoms with Gasteiger partial charge in [-0.15, -0.1) is 11.3 Å². The summed E-state index contributed by atoms with van der Waals surface area (Å²) < 4.78 is 0. The number of carbonyl (C=O) groups excluding carboxylic acids is 1. The second-order valence-corrected chi connectivity index (χ2v) is 4.99. The molecule has 0 spiro atoms. The Morgan fingerprint density at radius 1 is 1.37 bits per heavy atom. The first-order valence-corrected chi connectivity index (χ1v) is 6.47. The van der Waals surface area contributed by atoms with E-state index in [4.69, 9.17) is 5.11 Å². The zero-order chi connectivity index (χ0) is 13.8. The van der Waals surface area contributed by atoms with Gasteiger partial charge in [0.15, 0.2) is 0 Å². The lowest BCUT2D eigenvalue weighted by molar-refractivity contribution is 0.0697. The summed E-state index contributed by atoms with van der Waals surface area (Å²) in [6, 6.07) is 5.92. The van der Waals surface area contributed by atoms with Crippen LogP contribution in [0.5, 0.6) is 0 Å². The molecule has 2 rings (SSSR count). The number of thiazole rings is 1. The molecule has 0 aliphatic carbocycles. The fourth-order valence-electron chi connectivity index (χ4n) is 1.56. The monoisotopic (exact) mass is 276 g/mol. The molecule has 0 saturated carbocycles. The highest BCUT2D eigenvalue weighted by molar-refractivity contribution is 7.09. The van der Waals surface area contributed by atoms with Crippen LogP contribution in [0.15, 0.2) is 29.6 Å². The number of rotatable bonds is 4. The molecular formula is C13H12N2O3S. The van der Waals surface area contributed by atoms with Gasteiger partial charge in [0.2, 0.25) is 0 Å². The van der Waals surface area contributed by atoms with Crippen LogP contribution >= 0.6 is 11.3 Å². The summed E-state index contributed by atoms with van der Waals surface area (Å²) in [6.07, 6.45) is 0. The Labute approximate surface area is 113 Å². The van der Waals surface area contributed by atoms with E-state index in [0.717, 1.165) is 10.7 Å². The van der Waals surface area contributed by atoms with Crippen LogP contribution in [0, 0.1) is 6.92 Å². The van der Waals surface area contributed by atoms with Gasteiger partial charge in [-0.1, -0.05) is 6.07 Å². The number of benzene rings is 1. The number of nitrogens with zero attached hydrogens (tertiary/aromatic N) is 1. The van der Waals surface area contributed by atoms with Crippen molar-refractivity contribution in [1.82, 2.24) is 10.3 Å². The average molecular weight is 276 g/mol. The van der Waals surface area contributed by atoms with Crippen molar-refractivity contribution in [3.05, 3.63) is 51.5 Å². The number of hydrogen-bond donors (Lipinski definition) is 2. The standard InChI is InChI=1S/C13H12N2O3S/c1-8-15-11(7-19-8)6-14-12(16)9-3-2-4-10(5-9)13(17)18/h2-5,7H,6H2,1H3,(H,14,16)(H,17,18). The number of carbonyl (C=O) groups is 2. The molecule has 0 saturated heterocycles. The van der Waals surface area contributed by atoms with Crippen LogP contribution in [0.2, 0.25) is 0 Å². The Morgan fingerprint density at radius 3 is 2.74 bits per heavy atom. The normalized spacial score (nSPS) is 10.2. The lowest BCUT2D eigenvalue weighted by Crippen LogP contribution is -2.23. The van der Waals surface area contributed by atoms with Gasteiger partial charge in [0.05, 0.1) is 22.8 Å². The average Bonchev–Trinajstić information content (AvgIpc) is 2.82. The first kappa shape index (κ1) is 13.2. The number of aromatic carboxylic acids is 1. The molecule has 0 aliphatic rings. The molecule has 2 aromatic rings. The lowest BCUT2D eigenvalue weighted by Gasteiger charge is -2.04. The van der Waals surface area contributed by atoms with E-state index in [0.29, 0.717) is 12.1 Å². The molecule has 6 heteroatoms. The summed E-state index contributed by atoms with van der Waals surface area (Å²) in [6.45, 7) is 2.23. The van der Waals surface area contributed by atoms with E-state index in [2.05, 4.69) is 10.3 Å². The maximum absolute atomic E-state index is 11.9. The van der Waals surface area contributed by atoms with Gasteiger partial charge in [0.1, 0.15) is 0 Å². The number of aromatic nitrogens is 1. The van der Waals surface area contributed by atoms with Crippen molar-refractivity contribution in [1.29, 1.82) is 0 Å². The number of nitrogens with one attached hydrogen (secondary N) is 1. The van der Waals surface area contributed by atoms with E-state index < -0.39 is 5.97 Å². The molecule has 0 bridgehead atoms. The molecule has 1 amide bonds. The second-order valence-electron chi connectivity index (χ2n) is 3.93. The minimum Gasteiger partial charge on any atom is -0.478 e. The lowest BCUT2D eigenvalue weighted by atomic mass is 10.1. The quantitative estimate of drug-likeness (QED) is 0.896. The molecule has 0 atom stereocenters. The molecular weight excluding hydrogens is 264 g/mol. The number of aryl methyl sites for hydroxylation is 1. The molecule has 1 aromatic carbocycles. The van der Waals surface area contributed by atoms with E-state index >= 15 is 0 Å². The van der Waals surface area contributed by atoms with Gasteiger partial charge in [0.25, 0.3) is 5.91 Å². The molecule has 2 N–H and O–H groups in total. The van der Waals surface area contributed by atoms with E-state index in [1.54, 1.807) is 12.1 Å². The Balaban J connectivity index is 2.03. The topological polar surface area (TPSA) is 79.3 Å². The maximum atomic E-state index is 11.9. The summed E-state index contributed by atoms with van der Waals surface area (Å²) in [5, 5.41) is 14.4. The van der Waals surface area contributed by atoms with Crippen LogP contribution < -0.4 is 5.32 Å². The van der Waals surface area contributed by atoms with Crippen LogP contribution in [-0.2, 0) is 6.54 Å². The molecule has 98 valence electrons. The van der Waals surface area contributed by atoms with Gasteiger partial charge >= 0.3 is 5.97 Å². The van der Waals surface area contributed by atoms with Crippen molar-refractivity contribution >= 4 is 23.2 Å². The summed E-state index contributed by atoms with van der Waals surface area (Å²) in [4.78, 5) is 26.9. The Bertz CT molecular complexity index is 622. The van der Waals surface area contributed by atoms with E-state index in [9.17, 15) is 9.59 Å². The molecule has 0 radical (unpaired) electrons. The van der Waals surface area contributed by atoms with Gasteiger partial charge in [-0.3, -0.25) is 4.79 Å². The molecule has 0 aliphatic heterocycles. The number of hydrogen-bond acceptors (Lipinski definition) is 4. The van der Waals surface area contributed by atoms with E-state index in [-0.39, 0.29) is 11.5 Å². The number of carboxylic acids is 1. The van der Waals surface area contributed by atoms with E-state index in [1.165, 1.54) is 23.5 Å². The highest BCUT2D eigenvalue weighted by Gasteiger charge is 2.09. The Morgan fingerprint density at radius 2 is 2.11 bits per heavy atom. The van der Waals surface area contributed by atoms with Gasteiger partial charge in [-0.05, 0) is 25.1 Å². The Hall–Kier alpha value is -2.21. The van der Waals surface area contributed by atoms with E-state index in [1.807, 2.05) is 12.3 Å². The second kappa shape index (κ2) is 5.62. The zero-order valence-electron chi connectivity index (χ0n) is 10.2. The minimum absolute atomic E-state index is 0.0946. The largest absolute Gasteiger partial charge is 0.478 e. The van der Waals surface area contributed by atoms with Gasteiger partial charge < -0.3 is 10.4 Å². The third-order valence-electron chi connectivity index (χ3n) is 2.47. The van der Waals surface area contributed by atoms with Crippen LogP contribution in [0.3, 0.4) is 0 Å². The summed E-state index contributed by atoms with van der Waals surface area (Å²) in [5.74, 6) is -1.36. The molecule has 1 heterocycles. The Kier molecular flexibility index (Phi) is 3.91. The smallest absolute Gasteiger partial charge is 0.335 e. The van der Waals surface area contributed by atoms with Crippen molar-refractivity contribution in [3.63, 3.8) is 0 Å². The zero-order valence-corrected chi connectivity index (χ0v) is 11.0. The third kappa shape index (κ3) is 3.38.